The minimum atomic E-state index is -0.211. The number of hydrogen-bond donors (Lipinski definition) is 1. The van der Waals surface area contributed by atoms with E-state index in [0.29, 0.717) is 5.56 Å². The highest BCUT2D eigenvalue weighted by Gasteiger charge is 2.07. The molecule has 0 aliphatic carbocycles. The summed E-state index contributed by atoms with van der Waals surface area (Å²) in [6, 6.07) is 16.4. The lowest BCUT2D eigenvalue weighted by molar-refractivity contribution is 0.104. The summed E-state index contributed by atoms with van der Waals surface area (Å²) in [4.78, 5) is 14.0. The molecule has 0 radical (unpaired) electrons. The third kappa shape index (κ3) is 3.26. The number of nitrogens with zero attached hydrogens (tertiary/aromatic N) is 1. The number of para-hydroxylation sites is 2. The van der Waals surface area contributed by atoms with E-state index >= 15 is 0 Å². The lowest BCUT2D eigenvalue weighted by Gasteiger charge is -2.17. The van der Waals surface area contributed by atoms with Crippen LogP contribution in [0.4, 0.5) is 5.69 Å². The van der Waals surface area contributed by atoms with Crippen molar-refractivity contribution in [1.29, 1.82) is 0 Å². The van der Waals surface area contributed by atoms with E-state index in [2.05, 4.69) is 0 Å². The molecule has 1 N–H and O–H groups in total. The molecule has 0 saturated heterocycles. The molecule has 20 heavy (non-hydrogen) atoms. The van der Waals surface area contributed by atoms with Gasteiger partial charge >= 0.3 is 0 Å². The molecule has 2 aromatic rings. The number of aromatic hydroxyl groups is 1. The van der Waals surface area contributed by atoms with Crippen molar-refractivity contribution in [2.45, 2.75) is 6.92 Å². The van der Waals surface area contributed by atoms with Gasteiger partial charge in [0.1, 0.15) is 5.75 Å². The fourth-order valence-corrected chi connectivity index (χ4v) is 1.92. The molecule has 0 bridgehead atoms. The van der Waals surface area contributed by atoms with Crippen molar-refractivity contribution in [3.05, 3.63) is 72.4 Å². The van der Waals surface area contributed by atoms with E-state index < -0.39 is 0 Å². The number of carbonyl (C=O) groups excluding carboxylic acids is 1. The number of ketones is 1. The third-order valence-corrected chi connectivity index (χ3v) is 3.00. The summed E-state index contributed by atoms with van der Waals surface area (Å²) in [5.41, 5.74) is 1.34. The average Bonchev–Trinajstić information content (AvgIpc) is 2.49. The van der Waals surface area contributed by atoms with Crippen molar-refractivity contribution in [1.82, 2.24) is 0 Å². The van der Waals surface area contributed by atoms with E-state index in [1.165, 1.54) is 12.1 Å². The fourth-order valence-electron chi connectivity index (χ4n) is 1.92. The highest BCUT2D eigenvalue weighted by molar-refractivity contribution is 6.06. The summed E-state index contributed by atoms with van der Waals surface area (Å²) in [7, 11) is 0. The Morgan fingerprint density at radius 1 is 1.10 bits per heavy atom. The number of carbonyl (C=O) groups is 1. The molecular formula is C17H17NO2. The average molecular weight is 267 g/mol. The summed E-state index contributed by atoms with van der Waals surface area (Å²) >= 11 is 0. The van der Waals surface area contributed by atoms with Crippen LogP contribution in [-0.4, -0.2) is 17.4 Å². The first-order valence-corrected chi connectivity index (χ1v) is 6.54. The SMILES string of the molecule is CCN(/C=C/C(=O)c1ccccc1O)c1ccccc1. The van der Waals surface area contributed by atoms with Crippen LogP contribution in [0.2, 0.25) is 0 Å². The van der Waals surface area contributed by atoms with E-state index in [0.717, 1.165) is 12.2 Å². The molecule has 0 aromatic heterocycles. The van der Waals surface area contributed by atoms with Gasteiger partial charge in [0, 0.05) is 24.5 Å². The largest absolute Gasteiger partial charge is 0.507 e. The van der Waals surface area contributed by atoms with Gasteiger partial charge in [0.15, 0.2) is 5.78 Å². The monoisotopic (exact) mass is 267 g/mol. The Morgan fingerprint density at radius 3 is 2.40 bits per heavy atom. The number of phenolic OH excluding ortho intramolecular Hbond substituents is 1. The summed E-state index contributed by atoms with van der Waals surface area (Å²) in [5.74, 6) is -0.206. The van der Waals surface area contributed by atoms with Crippen LogP contribution in [-0.2, 0) is 0 Å². The van der Waals surface area contributed by atoms with Crippen molar-refractivity contribution < 1.29 is 9.90 Å². The van der Waals surface area contributed by atoms with E-state index in [9.17, 15) is 9.90 Å². The lowest BCUT2D eigenvalue weighted by Crippen LogP contribution is -2.15. The second kappa shape index (κ2) is 6.57. The zero-order chi connectivity index (χ0) is 14.4. The number of rotatable bonds is 5. The maximum Gasteiger partial charge on any atom is 0.191 e. The molecule has 0 spiro atoms. The first kappa shape index (κ1) is 13.9. The van der Waals surface area contributed by atoms with Gasteiger partial charge in [-0.3, -0.25) is 4.79 Å². The minimum Gasteiger partial charge on any atom is -0.507 e. The predicted octanol–water partition coefficient (Wildman–Crippen LogP) is 3.62. The molecule has 0 fully saturated rings. The van der Waals surface area contributed by atoms with Crippen LogP contribution in [0.3, 0.4) is 0 Å². The molecule has 0 amide bonds. The first-order chi connectivity index (χ1) is 9.72. The maximum atomic E-state index is 12.0. The number of hydrogen-bond acceptors (Lipinski definition) is 3. The smallest absolute Gasteiger partial charge is 0.191 e. The molecule has 102 valence electrons. The topological polar surface area (TPSA) is 40.5 Å². The van der Waals surface area contributed by atoms with Crippen LogP contribution in [0.1, 0.15) is 17.3 Å². The lowest BCUT2D eigenvalue weighted by atomic mass is 10.1. The van der Waals surface area contributed by atoms with Crippen LogP contribution in [0.5, 0.6) is 5.75 Å². The van der Waals surface area contributed by atoms with Gasteiger partial charge in [-0.2, -0.15) is 0 Å². The van der Waals surface area contributed by atoms with Gasteiger partial charge < -0.3 is 10.0 Å². The molecule has 0 aliphatic heterocycles. The van der Waals surface area contributed by atoms with Crippen LogP contribution in [0.15, 0.2) is 66.9 Å². The van der Waals surface area contributed by atoms with Crippen LogP contribution in [0.25, 0.3) is 0 Å². The van der Waals surface area contributed by atoms with Gasteiger partial charge in [0.05, 0.1) is 5.56 Å². The first-order valence-electron chi connectivity index (χ1n) is 6.54. The standard InChI is InChI=1S/C17H17NO2/c1-2-18(14-8-4-3-5-9-14)13-12-17(20)15-10-6-7-11-16(15)19/h3-13,19H,2H2,1H3/b13-12+. The van der Waals surface area contributed by atoms with Crippen molar-refractivity contribution in [2.24, 2.45) is 0 Å². The van der Waals surface area contributed by atoms with Crippen LogP contribution < -0.4 is 4.90 Å². The zero-order valence-corrected chi connectivity index (χ0v) is 11.4. The summed E-state index contributed by atoms with van der Waals surface area (Å²) in [6.45, 7) is 2.77. The predicted molar refractivity (Wildman–Crippen MR) is 81.0 cm³/mol. The van der Waals surface area contributed by atoms with Gasteiger partial charge in [-0.15, -0.1) is 0 Å². The second-order valence-electron chi connectivity index (χ2n) is 4.32. The molecule has 3 heteroatoms. The quantitative estimate of drug-likeness (QED) is 0.664. The Kier molecular flexibility index (Phi) is 4.56. The Labute approximate surface area is 118 Å². The van der Waals surface area contributed by atoms with Gasteiger partial charge in [-0.05, 0) is 31.2 Å². The molecule has 0 atom stereocenters. The van der Waals surface area contributed by atoms with E-state index in [-0.39, 0.29) is 11.5 Å². The van der Waals surface area contributed by atoms with Crippen molar-refractivity contribution in [3.63, 3.8) is 0 Å². The summed E-state index contributed by atoms with van der Waals surface area (Å²) in [5, 5.41) is 9.65. The third-order valence-electron chi connectivity index (χ3n) is 3.00. The van der Waals surface area contributed by atoms with Crippen LogP contribution in [0, 0.1) is 0 Å². The Hall–Kier alpha value is -2.55. The van der Waals surface area contributed by atoms with Crippen molar-refractivity contribution >= 4 is 11.5 Å². The molecule has 3 nitrogen and oxygen atoms in total. The van der Waals surface area contributed by atoms with Crippen molar-refractivity contribution in [2.75, 3.05) is 11.4 Å². The number of anilines is 1. The van der Waals surface area contributed by atoms with E-state index in [1.54, 1.807) is 24.4 Å². The Morgan fingerprint density at radius 2 is 1.75 bits per heavy atom. The van der Waals surface area contributed by atoms with Gasteiger partial charge in [0.2, 0.25) is 0 Å². The van der Waals surface area contributed by atoms with Gasteiger partial charge in [-0.25, -0.2) is 0 Å². The molecule has 0 unspecified atom stereocenters. The summed E-state index contributed by atoms with van der Waals surface area (Å²) in [6.07, 6.45) is 3.22. The molecule has 0 heterocycles. The Balaban J connectivity index is 2.16. The minimum absolute atomic E-state index is 0.00455. The van der Waals surface area contributed by atoms with Crippen molar-refractivity contribution in [3.8, 4) is 5.75 Å². The second-order valence-corrected chi connectivity index (χ2v) is 4.32. The highest BCUT2D eigenvalue weighted by atomic mass is 16.3. The number of allylic oxidation sites excluding steroid dienone is 1. The number of benzene rings is 2. The Bertz CT molecular complexity index is 605. The normalized spacial score (nSPS) is 10.7. The van der Waals surface area contributed by atoms with E-state index in [4.69, 9.17) is 0 Å². The number of phenols is 1. The zero-order valence-electron chi connectivity index (χ0n) is 11.4. The van der Waals surface area contributed by atoms with Gasteiger partial charge in [0.25, 0.3) is 0 Å². The fraction of sp³-hybridized carbons (Fsp3) is 0.118. The highest BCUT2D eigenvalue weighted by Crippen LogP contribution is 2.17. The molecule has 0 aliphatic rings. The molecule has 0 saturated carbocycles. The van der Waals surface area contributed by atoms with Crippen LogP contribution >= 0.6 is 0 Å². The van der Waals surface area contributed by atoms with E-state index in [1.807, 2.05) is 42.2 Å². The maximum absolute atomic E-state index is 12.0. The molecule has 2 rings (SSSR count). The molecule has 2 aromatic carbocycles. The van der Waals surface area contributed by atoms with Gasteiger partial charge in [-0.1, -0.05) is 30.3 Å². The molecular weight excluding hydrogens is 250 g/mol. The summed E-state index contributed by atoms with van der Waals surface area (Å²) < 4.78 is 0.